The van der Waals surface area contributed by atoms with Gasteiger partial charge in [-0.2, -0.15) is 9.49 Å². The molecule has 102 valence electrons. The highest BCUT2D eigenvalue weighted by Crippen LogP contribution is 2.33. The Bertz CT molecular complexity index is 629. The molecule has 0 amide bonds. The van der Waals surface area contributed by atoms with Gasteiger partial charge in [0.2, 0.25) is 11.7 Å². The van der Waals surface area contributed by atoms with Gasteiger partial charge in [-0.1, -0.05) is 31.9 Å². The third-order valence-electron chi connectivity index (χ3n) is 2.59. The van der Waals surface area contributed by atoms with Crippen LogP contribution in [-0.4, -0.2) is 9.78 Å². The fourth-order valence-corrected chi connectivity index (χ4v) is 2.73. The van der Waals surface area contributed by atoms with Crippen LogP contribution in [0.5, 0.6) is 11.6 Å². The summed E-state index contributed by atoms with van der Waals surface area (Å²) in [7, 11) is 1.68. The second-order valence-electron chi connectivity index (χ2n) is 3.93. The lowest BCUT2D eigenvalue weighted by Gasteiger charge is -2.09. The molecule has 0 atom stereocenters. The number of hydrogen-bond acceptors (Lipinski definition) is 2. The standard InChI is InChI=1S/C12H10Br2F2N2O/c1-6-8(5-13)12(18(2)17-6)19-10-4-7(14)3-9(15)11(10)16/h3-4H,5H2,1-2H3. The zero-order valence-electron chi connectivity index (χ0n) is 10.2. The molecule has 0 unspecified atom stereocenters. The van der Waals surface area contributed by atoms with E-state index in [1.54, 1.807) is 7.05 Å². The zero-order valence-corrected chi connectivity index (χ0v) is 13.3. The molecule has 0 bridgehead atoms. The van der Waals surface area contributed by atoms with E-state index in [1.165, 1.54) is 10.7 Å². The summed E-state index contributed by atoms with van der Waals surface area (Å²) in [4.78, 5) is 0. The van der Waals surface area contributed by atoms with Crippen LogP contribution in [-0.2, 0) is 12.4 Å². The number of halogens is 4. The highest BCUT2D eigenvalue weighted by Gasteiger charge is 2.18. The summed E-state index contributed by atoms with van der Waals surface area (Å²) in [5.74, 6) is -1.80. The molecule has 0 saturated heterocycles. The summed E-state index contributed by atoms with van der Waals surface area (Å²) in [5, 5.41) is 4.70. The van der Waals surface area contributed by atoms with E-state index in [2.05, 4.69) is 37.0 Å². The molecule has 0 aliphatic heterocycles. The van der Waals surface area contributed by atoms with E-state index in [4.69, 9.17) is 4.74 Å². The SMILES string of the molecule is Cc1nn(C)c(Oc2cc(Br)cc(F)c2F)c1CBr. The summed E-state index contributed by atoms with van der Waals surface area (Å²) in [5.41, 5.74) is 1.56. The minimum absolute atomic E-state index is 0.183. The molecule has 0 fully saturated rings. The predicted molar refractivity (Wildman–Crippen MR) is 74.7 cm³/mol. The minimum Gasteiger partial charge on any atom is -0.436 e. The molecule has 2 aromatic rings. The molecule has 0 saturated carbocycles. The summed E-state index contributed by atoms with van der Waals surface area (Å²) in [6.07, 6.45) is 0. The van der Waals surface area contributed by atoms with Gasteiger partial charge in [-0.05, 0) is 19.1 Å². The Kier molecular flexibility index (Phi) is 4.25. The molecule has 1 heterocycles. The smallest absolute Gasteiger partial charge is 0.222 e. The van der Waals surface area contributed by atoms with Crippen molar-refractivity contribution in [1.29, 1.82) is 0 Å². The molecule has 0 N–H and O–H groups in total. The van der Waals surface area contributed by atoms with Crippen LogP contribution in [0.15, 0.2) is 16.6 Å². The third kappa shape index (κ3) is 2.81. The summed E-state index contributed by atoms with van der Waals surface area (Å²) in [6.45, 7) is 1.82. The number of benzene rings is 1. The number of nitrogens with zero attached hydrogens (tertiary/aromatic N) is 2. The number of hydrogen-bond donors (Lipinski definition) is 0. The molecule has 7 heteroatoms. The highest BCUT2D eigenvalue weighted by molar-refractivity contribution is 9.10. The Morgan fingerprint density at radius 1 is 1.37 bits per heavy atom. The molecule has 1 aromatic carbocycles. The summed E-state index contributed by atoms with van der Waals surface area (Å²) >= 11 is 6.42. The Morgan fingerprint density at radius 2 is 2.05 bits per heavy atom. The lowest BCUT2D eigenvalue weighted by Crippen LogP contribution is -1.99. The number of ether oxygens (including phenoxy) is 1. The van der Waals surface area contributed by atoms with E-state index in [1.807, 2.05) is 6.92 Å². The Morgan fingerprint density at radius 3 is 2.68 bits per heavy atom. The topological polar surface area (TPSA) is 27.1 Å². The lowest BCUT2D eigenvalue weighted by atomic mass is 10.3. The molecule has 0 spiro atoms. The lowest BCUT2D eigenvalue weighted by molar-refractivity contribution is 0.385. The van der Waals surface area contributed by atoms with Gasteiger partial charge in [0.15, 0.2) is 11.6 Å². The maximum Gasteiger partial charge on any atom is 0.222 e. The molecule has 2 rings (SSSR count). The maximum atomic E-state index is 13.7. The van der Waals surface area contributed by atoms with Crippen LogP contribution < -0.4 is 4.74 Å². The first kappa shape index (κ1) is 14.5. The average molecular weight is 396 g/mol. The third-order valence-corrected chi connectivity index (χ3v) is 3.61. The van der Waals surface area contributed by atoms with Crippen molar-refractivity contribution >= 4 is 31.9 Å². The largest absolute Gasteiger partial charge is 0.436 e. The van der Waals surface area contributed by atoms with E-state index in [0.29, 0.717) is 15.7 Å². The predicted octanol–water partition coefficient (Wildman–Crippen LogP) is 4.46. The van der Waals surface area contributed by atoms with Gasteiger partial charge in [0.25, 0.3) is 0 Å². The maximum absolute atomic E-state index is 13.7. The van der Waals surface area contributed by atoms with Gasteiger partial charge in [-0.3, -0.25) is 0 Å². The van der Waals surface area contributed by atoms with Crippen molar-refractivity contribution in [2.24, 2.45) is 7.05 Å². The van der Waals surface area contributed by atoms with Crippen molar-refractivity contribution in [1.82, 2.24) is 9.78 Å². The Hall–Kier alpha value is -0.950. The van der Waals surface area contributed by atoms with Crippen molar-refractivity contribution in [2.45, 2.75) is 12.3 Å². The molecule has 0 aliphatic rings. The van der Waals surface area contributed by atoms with Crippen molar-refractivity contribution in [3.63, 3.8) is 0 Å². The van der Waals surface area contributed by atoms with E-state index in [9.17, 15) is 8.78 Å². The number of aromatic nitrogens is 2. The first-order chi connectivity index (χ1) is 8.93. The van der Waals surface area contributed by atoms with Gasteiger partial charge in [-0.25, -0.2) is 9.07 Å². The van der Waals surface area contributed by atoms with Crippen LogP contribution in [0.2, 0.25) is 0 Å². The molecule has 0 radical (unpaired) electrons. The van der Waals surface area contributed by atoms with Crippen LogP contribution in [0.1, 0.15) is 11.3 Å². The van der Waals surface area contributed by atoms with Crippen LogP contribution >= 0.6 is 31.9 Å². The van der Waals surface area contributed by atoms with E-state index < -0.39 is 11.6 Å². The Labute approximate surface area is 125 Å². The second kappa shape index (κ2) is 5.58. The van der Waals surface area contributed by atoms with Gasteiger partial charge in [0.05, 0.1) is 5.69 Å². The van der Waals surface area contributed by atoms with Gasteiger partial charge in [0.1, 0.15) is 0 Å². The number of aryl methyl sites for hydroxylation is 2. The fourth-order valence-electron chi connectivity index (χ4n) is 1.67. The molecule has 19 heavy (non-hydrogen) atoms. The van der Waals surface area contributed by atoms with Gasteiger partial charge in [0, 0.05) is 22.4 Å². The second-order valence-corrected chi connectivity index (χ2v) is 5.40. The van der Waals surface area contributed by atoms with E-state index in [-0.39, 0.29) is 5.75 Å². The highest BCUT2D eigenvalue weighted by atomic mass is 79.9. The van der Waals surface area contributed by atoms with E-state index >= 15 is 0 Å². The number of alkyl halides is 1. The van der Waals surface area contributed by atoms with Gasteiger partial charge < -0.3 is 4.74 Å². The van der Waals surface area contributed by atoms with Crippen LogP contribution in [0.4, 0.5) is 8.78 Å². The van der Waals surface area contributed by atoms with Crippen molar-refractivity contribution in [3.05, 3.63) is 39.5 Å². The van der Waals surface area contributed by atoms with Crippen molar-refractivity contribution < 1.29 is 13.5 Å². The minimum atomic E-state index is -1.03. The fraction of sp³-hybridized carbons (Fsp3) is 0.250. The van der Waals surface area contributed by atoms with Gasteiger partial charge in [-0.15, -0.1) is 0 Å². The average Bonchev–Trinajstić information content (AvgIpc) is 2.60. The van der Waals surface area contributed by atoms with Crippen LogP contribution in [0, 0.1) is 18.6 Å². The first-order valence-corrected chi connectivity index (χ1v) is 7.26. The monoisotopic (exact) mass is 394 g/mol. The zero-order chi connectivity index (χ0) is 14.2. The first-order valence-electron chi connectivity index (χ1n) is 5.35. The van der Waals surface area contributed by atoms with Crippen LogP contribution in [0.25, 0.3) is 0 Å². The van der Waals surface area contributed by atoms with Crippen molar-refractivity contribution in [3.8, 4) is 11.6 Å². The molecular weight excluding hydrogens is 386 g/mol. The normalized spacial score (nSPS) is 10.8. The van der Waals surface area contributed by atoms with E-state index in [0.717, 1.165) is 17.3 Å². The van der Waals surface area contributed by atoms with Crippen LogP contribution in [0.3, 0.4) is 0 Å². The molecule has 0 aliphatic carbocycles. The quantitative estimate of drug-likeness (QED) is 0.566. The summed E-state index contributed by atoms with van der Waals surface area (Å²) in [6, 6.07) is 2.42. The van der Waals surface area contributed by atoms with Crippen molar-refractivity contribution in [2.75, 3.05) is 0 Å². The molecule has 1 aromatic heterocycles. The van der Waals surface area contributed by atoms with Gasteiger partial charge >= 0.3 is 0 Å². The summed E-state index contributed by atoms with van der Waals surface area (Å²) < 4.78 is 34.4. The molecular formula is C12H10Br2F2N2O. The number of rotatable bonds is 3. The Balaban J connectivity index is 2.47. The molecule has 3 nitrogen and oxygen atoms in total.